The predicted octanol–water partition coefficient (Wildman–Crippen LogP) is 2.84. The number of hydrogen-bond donors (Lipinski definition) is 2. The quantitative estimate of drug-likeness (QED) is 0.530. The average molecular weight is 473 g/mol. The lowest BCUT2D eigenvalue weighted by atomic mass is 10.0. The number of nitrogens with zero attached hydrogens (tertiary/aromatic N) is 3. The molecule has 2 fully saturated rings. The third-order valence-electron chi connectivity index (χ3n) is 6.76. The molecule has 0 aliphatic carbocycles. The van der Waals surface area contributed by atoms with Gasteiger partial charge >= 0.3 is 0 Å². The third kappa shape index (κ3) is 4.62. The lowest BCUT2D eigenvalue weighted by molar-refractivity contribution is -0.137. The summed E-state index contributed by atoms with van der Waals surface area (Å²) in [6, 6.07) is 9.67. The highest BCUT2D eigenvalue weighted by Gasteiger charge is 2.39. The summed E-state index contributed by atoms with van der Waals surface area (Å²) in [6.45, 7) is 4.40. The van der Waals surface area contributed by atoms with E-state index >= 15 is 0 Å². The monoisotopic (exact) mass is 472 g/mol. The molecular formula is C24H26F2N4O2S. The molecule has 0 bridgehead atoms. The average Bonchev–Trinajstić information content (AvgIpc) is 3.09. The highest BCUT2D eigenvalue weighted by molar-refractivity contribution is 7.80. The van der Waals surface area contributed by atoms with Crippen molar-refractivity contribution < 1.29 is 18.4 Å². The maximum Gasteiger partial charge on any atom is 0.243 e. The normalized spacial score (nSPS) is 24.2. The molecule has 3 aliphatic heterocycles. The number of nitrogens with one attached hydrogen (secondary N) is 1. The molecular weight excluding hydrogens is 446 g/mol. The van der Waals surface area contributed by atoms with Gasteiger partial charge in [-0.1, -0.05) is 18.2 Å². The summed E-state index contributed by atoms with van der Waals surface area (Å²) >= 11 is 4.80. The third-order valence-corrected chi connectivity index (χ3v) is 7.33. The van der Waals surface area contributed by atoms with Crippen LogP contribution < -0.4 is 10.2 Å². The minimum atomic E-state index is -0.557. The molecule has 2 unspecified atom stereocenters. The van der Waals surface area contributed by atoms with Gasteiger partial charge in [0, 0.05) is 57.4 Å². The van der Waals surface area contributed by atoms with Gasteiger partial charge in [0.1, 0.15) is 11.6 Å². The largest absolute Gasteiger partial charge is 0.369 e. The molecule has 2 aromatic carbocycles. The summed E-state index contributed by atoms with van der Waals surface area (Å²) < 4.78 is 27.1. The highest BCUT2D eigenvalue weighted by atomic mass is 32.1. The van der Waals surface area contributed by atoms with Crippen molar-refractivity contribution in [2.75, 3.05) is 31.1 Å². The molecule has 2 amide bonds. The molecule has 5 rings (SSSR count). The Bertz CT molecular complexity index is 1070. The Hall–Kier alpha value is -2.49. The van der Waals surface area contributed by atoms with Crippen LogP contribution in [0.1, 0.15) is 34.9 Å². The zero-order valence-corrected chi connectivity index (χ0v) is 19.0. The fourth-order valence-corrected chi connectivity index (χ4v) is 5.50. The Morgan fingerprint density at radius 1 is 1.00 bits per heavy atom. The van der Waals surface area contributed by atoms with Crippen LogP contribution in [0.25, 0.3) is 0 Å². The van der Waals surface area contributed by atoms with Gasteiger partial charge in [0.15, 0.2) is 0 Å². The maximum atomic E-state index is 13.5. The number of carbonyl (C=O) groups excluding carboxylic acids is 2. The number of rotatable bonds is 4. The molecule has 33 heavy (non-hydrogen) atoms. The molecule has 2 atom stereocenters. The number of thiol groups is 1. The van der Waals surface area contributed by atoms with Crippen molar-refractivity contribution in [3.05, 3.63) is 64.7 Å². The zero-order valence-electron chi connectivity index (χ0n) is 18.1. The van der Waals surface area contributed by atoms with E-state index in [1.165, 1.54) is 17.7 Å². The van der Waals surface area contributed by atoms with Gasteiger partial charge in [-0.05, 0) is 35.2 Å². The standard InChI is InChI=1S/C24H26F2N4O2S/c25-17-10-18(26)12-19(11-17)29-7-5-28(6-8-29)13-15-1-2-16-14-30(24(33)20(16)9-15)21-3-4-22(31)27-23(21)32/h1-2,9-12,21,24,33H,3-8,13-14H2,(H,27,31,32). The van der Waals surface area contributed by atoms with E-state index in [-0.39, 0.29) is 23.2 Å². The molecule has 0 radical (unpaired) electrons. The Labute approximate surface area is 196 Å². The Morgan fingerprint density at radius 2 is 1.73 bits per heavy atom. The summed E-state index contributed by atoms with van der Waals surface area (Å²) in [7, 11) is 0. The molecule has 2 aromatic rings. The van der Waals surface area contributed by atoms with E-state index in [1.54, 1.807) is 0 Å². The summed E-state index contributed by atoms with van der Waals surface area (Å²) in [5.41, 5.74) is 4.01. The van der Waals surface area contributed by atoms with E-state index < -0.39 is 11.6 Å². The first kappa shape index (κ1) is 22.3. The molecule has 0 aromatic heterocycles. The Morgan fingerprint density at radius 3 is 2.42 bits per heavy atom. The summed E-state index contributed by atoms with van der Waals surface area (Å²) in [5, 5.41) is 2.24. The summed E-state index contributed by atoms with van der Waals surface area (Å²) in [6.07, 6.45) is 0.866. The lowest BCUT2D eigenvalue weighted by Gasteiger charge is -2.36. The summed E-state index contributed by atoms with van der Waals surface area (Å²) in [5.74, 6) is -1.57. The molecule has 6 nitrogen and oxygen atoms in total. The number of anilines is 1. The number of halogens is 2. The van der Waals surface area contributed by atoms with Gasteiger partial charge in [-0.2, -0.15) is 12.6 Å². The fraction of sp³-hybridized carbons (Fsp3) is 0.417. The van der Waals surface area contributed by atoms with Crippen LogP contribution in [0.3, 0.4) is 0 Å². The van der Waals surface area contributed by atoms with Crippen molar-refractivity contribution in [3.63, 3.8) is 0 Å². The lowest BCUT2D eigenvalue weighted by Crippen LogP contribution is -2.51. The predicted molar refractivity (Wildman–Crippen MR) is 124 cm³/mol. The molecule has 0 spiro atoms. The molecule has 1 N–H and O–H groups in total. The highest BCUT2D eigenvalue weighted by Crippen LogP contribution is 2.39. The van der Waals surface area contributed by atoms with Crippen LogP contribution in [0.5, 0.6) is 0 Å². The van der Waals surface area contributed by atoms with E-state index in [1.807, 2.05) is 4.90 Å². The second kappa shape index (κ2) is 9.04. The number of hydrogen-bond acceptors (Lipinski definition) is 6. The minimum absolute atomic E-state index is 0.191. The molecule has 3 heterocycles. The number of piperidine rings is 1. The number of amides is 2. The molecule has 3 aliphatic rings. The molecule has 9 heteroatoms. The maximum absolute atomic E-state index is 13.5. The van der Waals surface area contributed by atoms with Crippen molar-refractivity contribution >= 4 is 30.1 Å². The first-order chi connectivity index (χ1) is 15.9. The van der Waals surface area contributed by atoms with Gasteiger partial charge < -0.3 is 4.90 Å². The van der Waals surface area contributed by atoms with E-state index in [0.717, 1.165) is 36.8 Å². The topological polar surface area (TPSA) is 55.9 Å². The van der Waals surface area contributed by atoms with Gasteiger partial charge in [-0.25, -0.2) is 8.78 Å². The fourth-order valence-electron chi connectivity index (χ4n) is 5.01. The van der Waals surface area contributed by atoms with Gasteiger partial charge in [0.2, 0.25) is 11.8 Å². The van der Waals surface area contributed by atoms with Gasteiger partial charge in [-0.15, -0.1) is 0 Å². The van der Waals surface area contributed by atoms with E-state index in [9.17, 15) is 18.4 Å². The van der Waals surface area contributed by atoms with Crippen LogP contribution in [0.4, 0.5) is 14.5 Å². The van der Waals surface area contributed by atoms with Crippen LogP contribution >= 0.6 is 12.6 Å². The molecule has 0 saturated carbocycles. The zero-order chi connectivity index (χ0) is 23.1. The summed E-state index contributed by atoms with van der Waals surface area (Å²) in [4.78, 5) is 30.2. The first-order valence-corrected chi connectivity index (χ1v) is 11.7. The van der Waals surface area contributed by atoms with Crippen molar-refractivity contribution in [2.45, 2.75) is 37.3 Å². The van der Waals surface area contributed by atoms with Crippen molar-refractivity contribution in [1.29, 1.82) is 0 Å². The van der Waals surface area contributed by atoms with Gasteiger partial charge in [-0.3, -0.25) is 24.7 Å². The van der Waals surface area contributed by atoms with E-state index in [0.29, 0.717) is 38.2 Å². The Balaban J connectivity index is 1.21. The van der Waals surface area contributed by atoms with Crippen LogP contribution in [0.2, 0.25) is 0 Å². The SMILES string of the molecule is O=C1CCC(N2Cc3ccc(CN4CCN(c5cc(F)cc(F)c5)CC4)cc3C2S)C(=O)N1. The minimum Gasteiger partial charge on any atom is -0.369 e. The second-order valence-corrected chi connectivity index (χ2v) is 9.43. The van der Waals surface area contributed by atoms with E-state index in [2.05, 4.69) is 33.3 Å². The van der Waals surface area contributed by atoms with Crippen LogP contribution in [0.15, 0.2) is 36.4 Å². The van der Waals surface area contributed by atoms with Crippen molar-refractivity contribution in [2.24, 2.45) is 0 Å². The number of imide groups is 1. The number of carbonyl (C=O) groups is 2. The van der Waals surface area contributed by atoms with Crippen molar-refractivity contribution in [1.82, 2.24) is 15.1 Å². The van der Waals surface area contributed by atoms with Crippen LogP contribution in [-0.2, 0) is 22.7 Å². The van der Waals surface area contributed by atoms with E-state index in [4.69, 9.17) is 12.6 Å². The Kier molecular flexibility index (Phi) is 6.11. The van der Waals surface area contributed by atoms with Crippen LogP contribution in [0, 0.1) is 11.6 Å². The smallest absolute Gasteiger partial charge is 0.243 e. The number of benzene rings is 2. The van der Waals surface area contributed by atoms with Gasteiger partial charge in [0.25, 0.3) is 0 Å². The van der Waals surface area contributed by atoms with Gasteiger partial charge in [0.05, 0.1) is 11.4 Å². The number of fused-ring (bicyclic) bond motifs is 1. The molecule has 2 saturated heterocycles. The molecule has 174 valence electrons. The number of piperazine rings is 1. The van der Waals surface area contributed by atoms with Crippen molar-refractivity contribution in [3.8, 4) is 0 Å². The first-order valence-electron chi connectivity index (χ1n) is 11.2. The second-order valence-electron chi connectivity index (χ2n) is 8.94. The van der Waals surface area contributed by atoms with Crippen LogP contribution in [-0.4, -0.2) is 53.8 Å².